The van der Waals surface area contributed by atoms with E-state index < -0.39 is 5.91 Å². The molecule has 2 aromatic carbocycles. The van der Waals surface area contributed by atoms with Crippen LogP contribution in [-0.4, -0.2) is 25.1 Å². The Hall–Kier alpha value is -3.41. The van der Waals surface area contributed by atoms with Crippen LogP contribution in [0.25, 0.3) is 28.2 Å². The number of aryl methyl sites for hydroxylation is 3. The first-order chi connectivity index (χ1) is 12.4. The number of hydrogen-bond acceptors (Lipinski definition) is 3. The Morgan fingerprint density at radius 2 is 1.62 bits per heavy atom. The van der Waals surface area contributed by atoms with E-state index in [1.165, 1.54) is 16.7 Å². The van der Waals surface area contributed by atoms with Crippen molar-refractivity contribution in [2.45, 2.75) is 13.8 Å². The van der Waals surface area contributed by atoms with Gasteiger partial charge in [-0.25, -0.2) is 9.50 Å². The zero-order chi connectivity index (χ0) is 18.4. The number of fused-ring (bicyclic) bond motifs is 1. The van der Waals surface area contributed by atoms with Crippen molar-refractivity contribution >= 4 is 11.7 Å². The molecule has 0 saturated heterocycles. The fourth-order valence-corrected chi connectivity index (χ4v) is 3.04. The molecule has 0 aliphatic carbocycles. The summed E-state index contributed by atoms with van der Waals surface area (Å²) < 4.78 is 3.17. The molecular weight excluding hydrogens is 326 g/mol. The lowest BCUT2D eigenvalue weighted by Crippen LogP contribution is -2.16. The van der Waals surface area contributed by atoms with Crippen LogP contribution >= 0.6 is 0 Å². The summed E-state index contributed by atoms with van der Waals surface area (Å²) in [5, 5.41) is 4.18. The van der Waals surface area contributed by atoms with Crippen molar-refractivity contribution < 1.29 is 4.79 Å². The molecular formula is C20H19N5O. The van der Waals surface area contributed by atoms with Crippen molar-refractivity contribution in [1.29, 1.82) is 0 Å². The molecule has 6 heteroatoms. The lowest BCUT2D eigenvalue weighted by atomic mass is 9.99. The fraction of sp³-hybridized carbons (Fsp3) is 0.150. The Morgan fingerprint density at radius 1 is 0.962 bits per heavy atom. The van der Waals surface area contributed by atoms with E-state index in [2.05, 4.69) is 54.3 Å². The van der Waals surface area contributed by atoms with Crippen molar-refractivity contribution in [2.24, 2.45) is 12.8 Å². The van der Waals surface area contributed by atoms with Crippen LogP contribution in [0.15, 0.2) is 48.7 Å². The predicted octanol–water partition coefficient (Wildman–Crippen LogP) is 3.12. The van der Waals surface area contributed by atoms with Gasteiger partial charge < -0.3 is 5.73 Å². The number of carbonyl (C=O) groups excluding carboxylic acids is 1. The SMILES string of the molecule is Cc1ccc(-c2ccc(-c3cn4nc(C(N)=O)n(C)c4n3)cc2)cc1C. The second kappa shape index (κ2) is 5.84. The normalized spacial score (nSPS) is 11.2. The number of nitrogens with zero attached hydrogens (tertiary/aromatic N) is 4. The fourth-order valence-electron chi connectivity index (χ4n) is 3.04. The van der Waals surface area contributed by atoms with Crippen LogP contribution in [0.2, 0.25) is 0 Å². The summed E-state index contributed by atoms with van der Waals surface area (Å²) in [7, 11) is 1.72. The number of benzene rings is 2. The number of rotatable bonds is 3. The third-order valence-corrected chi connectivity index (χ3v) is 4.73. The molecule has 0 fully saturated rings. The molecule has 2 N–H and O–H groups in total. The number of carbonyl (C=O) groups is 1. The van der Waals surface area contributed by atoms with E-state index >= 15 is 0 Å². The second-order valence-electron chi connectivity index (χ2n) is 6.49. The van der Waals surface area contributed by atoms with Crippen LogP contribution in [0.4, 0.5) is 0 Å². The van der Waals surface area contributed by atoms with Gasteiger partial charge in [-0.15, -0.1) is 5.10 Å². The number of imidazole rings is 1. The highest BCUT2D eigenvalue weighted by Gasteiger charge is 2.15. The largest absolute Gasteiger partial charge is 0.363 e. The van der Waals surface area contributed by atoms with Crippen LogP contribution in [0.3, 0.4) is 0 Å². The van der Waals surface area contributed by atoms with E-state index in [0.29, 0.717) is 5.78 Å². The van der Waals surface area contributed by atoms with E-state index in [0.717, 1.165) is 16.8 Å². The summed E-state index contributed by atoms with van der Waals surface area (Å²) in [4.78, 5) is 15.9. The Kier molecular flexibility index (Phi) is 3.61. The van der Waals surface area contributed by atoms with Crippen molar-refractivity contribution in [3.63, 3.8) is 0 Å². The van der Waals surface area contributed by atoms with Crippen LogP contribution in [0.1, 0.15) is 21.7 Å². The van der Waals surface area contributed by atoms with E-state index in [1.54, 1.807) is 22.3 Å². The van der Waals surface area contributed by atoms with Gasteiger partial charge in [0.05, 0.1) is 11.9 Å². The Morgan fingerprint density at radius 3 is 2.23 bits per heavy atom. The molecule has 2 heterocycles. The first-order valence-electron chi connectivity index (χ1n) is 8.34. The number of nitrogens with two attached hydrogens (primary N) is 1. The zero-order valence-electron chi connectivity index (χ0n) is 14.9. The minimum atomic E-state index is -0.572. The second-order valence-corrected chi connectivity index (χ2v) is 6.49. The Balaban J connectivity index is 1.69. The maximum atomic E-state index is 11.4. The van der Waals surface area contributed by atoms with Crippen LogP contribution in [0, 0.1) is 13.8 Å². The Bertz CT molecular complexity index is 1140. The average molecular weight is 345 g/mol. The van der Waals surface area contributed by atoms with Gasteiger partial charge in [-0.05, 0) is 36.1 Å². The van der Waals surface area contributed by atoms with Gasteiger partial charge >= 0.3 is 0 Å². The molecule has 0 atom stereocenters. The highest BCUT2D eigenvalue weighted by atomic mass is 16.1. The molecule has 130 valence electrons. The molecule has 4 aromatic rings. The van der Waals surface area contributed by atoms with Gasteiger partial charge in [-0.2, -0.15) is 0 Å². The number of amides is 1. The van der Waals surface area contributed by atoms with Crippen LogP contribution in [0.5, 0.6) is 0 Å². The van der Waals surface area contributed by atoms with Crippen molar-refractivity contribution in [2.75, 3.05) is 0 Å². The first-order valence-corrected chi connectivity index (χ1v) is 8.34. The number of hydrogen-bond donors (Lipinski definition) is 1. The molecule has 0 aliphatic heterocycles. The van der Waals surface area contributed by atoms with Gasteiger partial charge in [0.25, 0.3) is 5.91 Å². The van der Waals surface area contributed by atoms with Crippen molar-refractivity contribution in [3.05, 3.63) is 65.6 Å². The van der Waals surface area contributed by atoms with Crippen molar-refractivity contribution in [1.82, 2.24) is 19.2 Å². The molecule has 26 heavy (non-hydrogen) atoms. The van der Waals surface area contributed by atoms with E-state index in [9.17, 15) is 4.79 Å². The molecule has 4 rings (SSSR count). The minimum Gasteiger partial charge on any atom is -0.363 e. The summed E-state index contributed by atoms with van der Waals surface area (Å²) in [6, 6.07) is 14.7. The molecule has 2 aromatic heterocycles. The minimum absolute atomic E-state index is 0.184. The molecule has 0 saturated carbocycles. The highest BCUT2D eigenvalue weighted by molar-refractivity contribution is 5.89. The first kappa shape index (κ1) is 16.1. The van der Waals surface area contributed by atoms with Gasteiger partial charge in [0.2, 0.25) is 11.6 Å². The molecule has 1 amide bonds. The van der Waals surface area contributed by atoms with Gasteiger partial charge in [0, 0.05) is 12.6 Å². The summed E-state index contributed by atoms with van der Waals surface area (Å²) in [6.07, 6.45) is 1.80. The third kappa shape index (κ3) is 2.56. The molecule has 0 bridgehead atoms. The van der Waals surface area contributed by atoms with Gasteiger partial charge in [-0.3, -0.25) is 9.36 Å². The molecule has 0 spiro atoms. The zero-order valence-corrected chi connectivity index (χ0v) is 14.9. The molecule has 0 aliphatic rings. The number of aromatic nitrogens is 4. The molecule has 0 unspecified atom stereocenters. The topological polar surface area (TPSA) is 78.2 Å². The maximum Gasteiger partial charge on any atom is 0.286 e. The van der Waals surface area contributed by atoms with Crippen molar-refractivity contribution in [3.8, 4) is 22.4 Å². The van der Waals surface area contributed by atoms with E-state index in [4.69, 9.17) is 5.73 Å². The Labute approximate surface area is 150 Å². The molecule has 0 radical (unpaired) electrons. The van der Waals surface area contributed by atoms with E-state index in [-0.39, 0.29) is 5.82 Å². The summed E-state index contributed by atoms with van der Waals surface area (Å²) in [5.41, 5.74) is 12.0. The molecule has 6 nitrogen and oxygen atoms in total. The monoisotopic (exact) mass is 345 g/mol. The quantitative estimate of drug-likeness (QED) is 0.620. The van der Waals surface area contributed by atoms with E-state index in [1.807, 2.05) is 12.1 Å². The third-order valence-electron chi connectivity index (χ3n) is 4.73. The predicted molar refractivity (Wildman–Crippen MR) is 101 cm³/mol. The smallest absolute Gasteiger partial charge is 0.286 e. The highest BCUT2D eigenvalue weighted by Crippen LogP contribution is 2.26. The lowest BCUT2D eigenvalue weighted by Gasteiger charge is -2.06. The summed E-state index contributed by atoms with van der Waals surface area (Å²) in [6.45, 7) is 4.24. The average Bonchev–Trinajstić information content (AvgIpc) is 3.17. The van der Waals surface area contributed by atoms with Gasteiger partial charge in [0.15, 0.2) is 0 Å². The van der Waals surface area contributed by atoms with Gasteiger partial charge in [0.1, 0.15) is 0 Å². The maximum absolute atomic E-state index is 11.4. The number of primary amides is 1. The lowest BCUT2D eigenvalue weighted by molar-refractivity contribution is 0.0987. The van der Waals surface area contributed by atoms with Crippen LogP contribution in [-0.2, 0) is 7.05 Å². The summed E-state index contributed by atoms with van der Waals surface area (Å²) in [5.74, 6) is 0.188. The standard InChI is InChI=1S/C20H19N5O/c1-12-4-5-16(10-13(12)2)14-6-8-15(9-7-14)17-11-25-20(22-17)24(3)19(23-25)18(21)26/h4-11H,1-3H3,(H2,21,26). The summed E-state index contributed by atoms with van der Waals surface area (Å²) >= 11 is 0. The van der Waals surface area contributed by atoms with Gasteiger partial charge in [-0.1, -0.05) is 42.5 Å². The van der Waals surface area contributed by atoms with Crippen LogP contribution < -0.4 is 5.73 Å².